The molecule has 2 rings (SSSR count). The second-order valence-corrected chi connectivity index (χ2v) is 5.41. The van der Waals surface area contributed by atoms with Gasteiger partial charge in [0.15, 0.2) is 23.3 Å². The largest absolute Gasteiger partial charge is 0.206 e. The van der Waals surface area contributed by atoms with E-state index in [0.29, 0.717) is 12.1 Å². The monoisotopic (exact) mass is 382 g/mol. The molecular formula is C15H9BrF6. The van der Waals surface area contributed by atoms with Gasteiger partial charge in [0.2, 0.25) is 0 Å². The van der Waals surface area contributed by atoms with Crippen molar-refractivity contribution in [3.05, 3.63) is 57.1 Å². The van der Waals surface area contributed by atoms with Crippen LogP contribution in [0.5, 0.6) is 0 Å². The first kappa shape index (κ1) is 16.9. The van der Waals surface area contributed by atoms with Crippen molar-refractivity contribution in [2.75, 3.05) is 0 Å². The van der Waals surface area contributed by atoms with E-state index in [1.54, 1.807) is 6.92 Å². The third-order valence-corrected chi connectivity index (χ3v) is 3.88. The molecule has 0 aliphatic carbocycles. The van der Waals surface area contributed by atoms with E-state index in [4.69, 9.17) is 0 Å². The van der Waals surface area contributed by atoms with Crippen LogP contribution in [0.4, 0.5) is 26.3 Å². The Morgan fingerprint density at radius 2 is 1.27 bits per heavy atom. The molecule has 0 unspecified atom stereocenters. The highest BCUT2D eigenvalue weighted by Gasteiger charge is 2.26. The van der Waals surface area contributed by atoms with Crippen molar-refractivity contribution < 1.29 is 26.3 Å². The zero-order valence-corrected chi connectivity index (χ0v) is 12.8. The summed E-state index contributed by atoms with van der Waals surface area (Å²) in [6.45, 7) is 1.59. The van der Waals surface area contributed by atoms with Gasteiger partial charge in [-0.3, -0.25) is 0 Å². The molecule has 0 nitrogen and oxygen atoms in total. The third-order valence-electron chi connectivity index (χ3n) is 3.13. The molecule has 22 heavy (non-hydrogen) atoms. The summed E-state index contributed by atoms with van der Waals surface area (Å²) in [5.41, 5.74) is -2.49. The standard InChI is InChI=1S/C15H9BrF6/c1-2-3-7-12(19)14(21)10(15(22)13(7)20)6-4-8(17)11(16)9(18)5-6/h4-5H,2-3H2,1H3. The lowest BCUT2D eigenvalue weighted by Gasteiger charge is -2.12. The number of hydrogen-bond acceptors (Lipinski definition) is 0. The molecule has 0 heterocycles. The Labute approximate surface area is 130 Å². The highest BCUT2D eigenvalue weighted by atomic mass is 79.9. The van der Waals surface area contributed by atoms with Gasteiger partial charge in [0.1, 0.15) is 11.6 Å². The lowest BCUT2D eigenvalue weighted by atomic mass is 9.99. The van der Waals surface area contributed by atoms with Crippen molar-refractivity contribution in [1.29, 1.82) is 0 Å². The van der Waals surface area contributed by atoms with Gasteiger partial charge >= 0.3 is 0 Å². The normalized spacial score (nSPS) is 11.1. The molecule has 0 amide bonds. The number of benzene rings is 2. The molecule has 118 valence electrons. The maximum Gasteiger partial charge on any atom is 0.170 e. The molecule has 0 bridgehead atoms. The van der Waals surface area contributed by atoms with Crippen LogP contribution in [0.15, 0.2) is 16.6 Å². The van der Waals surface area contributed by atoms with Crippen LogP contribution in [-0.2, 0) is 6.42 Å². The second kappa shape index (κ2) is 6.32. The quantitative estimate of drug-likeness (QED) is 0.352. The zero-order chi connectivity index (χ0) is 16.6. The summed E-state index contributed by atoms with van der Waals surface area (Å²) in [6.07, 6.45) is 0.0719. The first-order valence-electron chi connectivity index (χ1n) is 6.29. The Morgan fingerprint density at radius 1 is 0.818 bits per heavy atom. The van der Waals surface area contributed by atoms with Crippen LogP contribution >= 0.6 is 15.9 Å². The summed E-state index contributed by atoms with van der Waals surface area (Å²) >= 11 is 2.60. The van der Waals surface area contributed by atoms with Gasteiger partial charge in [0.05, 0.1) is 10.0 Å². The topological polar surface area (TPSA) is 0 Å². The summed E-state index contributed by atoms with van der Waals surface area (Å²) in [5.74, 6) is -8.76. The maximum absolute atomic E-state index is 14.0. The van der Waals surface area contributed by atoms with Crippen molar-refractivity contribution in [3.8, 4) is 11.1 Å². The van der Waals surface area contributed by atoms with Crippen LogP contribution in [0.1, 0.15) is 18.9 Å². The molecule has 0 saturated heterocycles. The number of halogens is 7. The van der Waals surface area contributed by atoms with Crippen molar-refractivity contribution in [3.63, 3.8) is 0 Å². The molecule has 0 spiro atoms. The van der Waals surface area contributed by atoms with Crippen LogP contribution in [0.3, 0.4) is 0 Å². The molecule has 0 aromatic heterocycles. The first-order chi connectivity index (χ1) is 10.3. The minimum atomic E-state index is -1.68. The SMILES string of the molecule is CCCc1c(F)c(F)c(-c2cc(F)c(Br)c(F)c2)c(F)c1F. The van der Waals surface area contributed by atoms with Gasteiger partial charge in [-0.05, 0) is 40.0 Å². The predicted molar refractivity (Wildman–Crippen MR) is 73.3 cm³/mol. The molecule has 0 N–H and O–H groups in total. The fraction of sp³-hybridized carbons (Fsp3) is 0.200. The third kappa shape index (κ3) is 2.74. The Balaban J connectivity index is 2.77. The van der Waals surface area contributed by atoms with E-state index in [1.807, 2.05) is 0 Å². The van der Waals surface area contributed by atoms with E-state index < -0.39 is 56.1 Å². The molecular weight excluding hydrogens is 374 g/mol. The van der Waals surface area contributed by atoms with Gasteiger partial charge in [0, 0.05) is 5.56 Å². The molecule has 0 aliphatic rings. The van der Waals surface area contributed by atoms with Gasteiger partial charge in [-0.15, -0.1) is 0 Å². The highest BCUT2D eigenvalue weighted by molar-refractivity contribution is 9.10. The Bertz CT molecular complexity index is 689. The molecule has 2 aromatic carbocycles. The summed E-state index contributed by atoms with van der Waals surface area (Å²) in [5, 5.41) is 0. The molecule has 0 aliphatic heterocycles. The van der Waals surface area contributed by atoms with Crippen LogP contribution in [0.25, 0.3) is 11.1 Å². The highest BCUT2D eigenvalue weighted by Crippen LogP contribution is 2.35. The van der Waals surface area contributed by atoms with Gasteiger partial charge in [-0.25, -0.2) is 26.3 Å². The summed E-state index contributed by atoms with van der Waals surface area (Å²) in [7, 11) is 0. The first-order valence-corrected chi connectivity index (χ1v) is 7.08. The van der Waals surface area contributed by atoms with Gasteiger partial charge in [-0.2, -0.15) is 0 Å². The van der Waals surface area contributed by atoms with E-state index >= 15 is 0 Å². The predicted octanol–water partition coefficient (Wildman–Crippen LogP) is 5.90. The van der Waals surface area contributed by atoms with E-state index in [1.165, 1.54) is 0 Å². The van der Waals surface area contributed by atoms with Gasteiger partial charge < -0.3 is 0 Å². The van der Waals surface area contributed by atoms with E-state index in [9.17, 15) is 26.3 Å². The van der Waals surface area contributed by atoms with Crippen molar-refractivity contribution >= 4 is 15.9 Å². The van der Waals surface area contributed by atoms with Crippen molar-refractivity contribution in [2.24, 2.45) is 0 Å². The fourth-order valence-corrected chi connectivity index (χ4v) is 2.33. The van der Waals surface area contributed by atoms with Crippen molar-refractivity contribution in [2.45, 2.75) is 19.8 Å². The summed E-state index contributed by atoms with van der Waals surface area (Å²) in [4.78, 5) is 0. The van der Waals surface area contributed by atoms with Gasteiger partial charge in [0.25, 0.3) is 0 Å². The average Bonchev–Trinajstić information content (AvgIpc) is 2.47. The number of hydrogen-bond donors (Lipinski definition) is 0. The molecule has 0 atom stereocenters. The van der Waals surface area contributed by atoms with E-state index in [-0.39, 0.29) is 12.8 Å². The number of rotatable bonds is 3. The Morgan fingerprint density at radius 3 is 1.68 bits per heavy atom. The lowest BCUT2D eigenvalue weighted by Crippen LogP contribution is -2.06. The minimum absolute atomic E-state index is 0.200. The molecule has 7 heteroatoms. The van der Waals surface area contributed by atoms with Crippen molar-refractivity contribution in [1.82, 2.24) is 0 Å². The van der Waals surface area contributed by atoms with E-state index in [2.05, 4.69) is 15.9 Å². The second-order valence-electron chi connectivity index (χ2n) is 4.61. The van der Waals surface area contributed by atoms with Crippen LogP contribution < -0.4 is 0 Å². The summed E-state index contributed by atoms with van der Waals surface area (Å²) in [6, 6.07) is 1.18. The van der Waals surface area contributed by atoms with Crippen LogP contribution in [0, 0.1) is 34.9 Å². The molecule has 0 saturated carbocycles. The molecule has 0 fully saturated rings. The van der Waals surface area contributed by atoms with Crippen LogP contribution in [0.2, 0.25) is 0 Å². The minimum Gasteiger partial charge on any atom is -0.206 e. The average molecular weight is 383 g/mol. The van der Waals surface area contributed by atoms with Gasteiger partial charge in [-0.1, -0.05) is 13.3 Å². The smallest absolute Gasteiger partial charge is 0.170 e. The molecule has 2 aromatic rings. The molecule has 0 radical (unpaired) electrons. The summed E-state index contributed by atoms with van der Waals surface area (Å²) < 4.78 is 82.2. The fourth-order valence-electron chi connectivity index (χ4n) is 2.10. The lowest BCUT2D eigenvalue weighted by molar-refractivity contribution is 0.442. The maximum atomic E-state index is 14.0. The van der Waals surface area contributed by atoms with E-state index in [0.717, 1.165) is 0 Å². The Kier molecular flexibility index (Phi) is 4.84. The zero-order valence-electron chi connectivity index (χ0n) is 11.2. The Hall–Kier alpha value is -1.50. The van der Waals surface area contributed by atoms with Crippen LogP contribution in [-0.4, -0.2) is 0 Å².